The molecule has 1 amide bonds. The zero-order chi connectivity index (χ0) is 29.2. The third-order valence-electron chi connectivity index (χ3n) is 8.03. The Morgan fingerprint density at radius 2 is 1.67 bits per heavy atom. The number of benzene rings is 1. The molecule has 2 heterocycles. The zero-order valence-corrected chi connectivity index (χ0v) is 22.2. The Labute approximate surface area is 223 Å². The minimum Gasteiger partial charge on any atom is -0.481 e. The van der Waals surface area contributed by atoms with Crippen LogP contribution in [0.5, 0.6) is 0 Å². The van der Waals surface area contributed by atoms with E-state index in [1.165, 1.54) is 11.0 Å². The van der Waals surface area contributed by atoms with Gasteiger partial charge in [0.1, 0.15) is 0 Å². The van der Waals surface area contributed by atoms with Crippen LogP contribution >= 0.6 is 0 Å². The number of likely N-dealkylation sites (tertiary alicyclic amines) is 2. The molecule has 1 aromatic rings. The predicted molar refractivity (Wildman–Crippen MR) is 130 cm³/mol. The maximum Gasteiger partial charge on any atom is 0.425 e. The van der Waals surface area contributed by atoms with Crippen molar-refractivity contribution in [1.29, 1.82) is 0 Å². The summed E-state index contributed by atoms with van der Waals surface area (Å²) in [5, 5.41) is 9.23. The van der Waals surface area contributed by atoms with E-state index in [1.54, 1.807) is 0 Å². The van der Waals surface area contributed by atoms with Crippen LogP contribution in [-0.4, -0.2) is 82.9 Å². The SMILES string of the molecule is CC(OC(=O)N1CCC(C)(N(C)Cc2ccc(C(F)(F)F)cc2CN2CCC(C(=O)O)CC2)CC1)C(F)(F)F. The van der Waals surface area contributed by atoms with Gasteiger partial charge < -0.3 is 14.7 Å². The van der Waals surface area contributed by atoms with Crippen molar-refractivity contribution in [2.75, 3.05) is 33.2 Å². The van der Waals surface area contributed by atoms with Gasteiger partial charge in [0.15, 0.2) is 6.10 Å². The average Bonchev–Trinajstić information content (AvgIpc) is 2.84. The number of carboxylic acid groups (broad SMARTS) is 1. The van der Waals surface area contributed by atoms with Crippen LogP contribution in [-0.2, 0) is 28.8 Å². The molecule has 39 heavy (non-hydrogen) atoms. The summed E-state index contributed by atoms with van der Waals surface area (Å²) in [4.78, 5) is 28.6. The van der Waals surface area contributed by atoms with Crippen molar-refractivity contribution in [3.63, 3.8) is 0 Å². The number of ether oxygens (including phenoxy) is 1. The average molecular weight is 568 g/mol. The van der Waals surface area contributed by atoms with Crippen molar-refractivity contribution >= 4 is 12.1 Å². The maximum atomic E-state index is 13.5. The van der Waals surface area contributed by atoms with Crippen LogP contribution in [0.25, 0.3) is 0 Å². The molecule has 0 bridgehead atoms. The van der Waals surface area contributed by atoms with E-state index in [4.69, 9.17) is 0 Å². The summed E-state index contributed by atoms with van der Waals surface area (Å²) in [5.74, 6) is -1.31. The maximum absolute atomic E-state index is 13.5. The molecule has 1 unspecified atom stereocenters. The molecule has 1 aromatic carbocycles. The second kappa shape index (κ2) is 11.9. The van der Waals surface area contributed by atoms with Gasteiger partial charge >= 0.3 is 24.4 Å². The van der Waals surface area contributed by atoms with Gasteiger partial charge in [-0.2, -0.15) is 26.3 Å². The van der Waals surface area contributed by atoms with Crippen molar-refractivity contribution < 1.29 is 45.8 Å². The van der Waals surface area contributed by atoms with E-state index >= 15 is 0 Å². The van der Waals surface area contributed by atoms with Crippen LogP contribution in [0.1, 0.15) is 56.2 Å². The Balaban J connectivity index is 1.68. The van der Waals surface area contributed by atoms with Gasteiger partial charge in [0.05, 0.1) is 11.5 Å². The summed E-state index contributed by atoms with van der Waals surface area (Å²) in [5.41, 5.74) is 0.00578. The van der Waals surface area contributed by atoms with Gasteiger partial charge in [-0.3, -0.25) is 14.6 Å². The number of carbonyl (C=O) groups excluding carboxylic acids is 1. The lowest BCUT2D eigenvalue weighted by Gasteiger charge is -2.45. The highest BCUT2D eigenvalue weighted by Crippen LogP contribution is 2.34. The number of amides is 1. The molecule has 1 N–H and O–H groups in total. The summed E-state index contributed by atoms with van der Waals surface area (Å²) in [7, 11) is 1.83. The van der Waals surface area contributed by atoms with Crippen molar-refractivity contribution in [2.45, 2.75) is 76.6 Å². The molecular weight excluding hydrogens is 532 g/mol. The molecule has 0 aliphatic carbocycles. The third kappa shape index (κ3) is 8.00. The fraction of sp³-hybridized carbons (Fsp3) is 0.692. The van der Waals surface area contributed by atoms with Gasteiger partial charge in [-0.15, -0.1) is 0 Å². The number of nitrogens with zero attached hydrogens (tertiary/aromatic N) is 3. The highest BCUT2D eigenvalue weighted by atomic mass is 19.4. The lowest BCUT2D eigenvalue weighted by Crippen LogP contribution is -2.53. The highest BCUT2D eigenvalue weighted by molar-refractivity contribution is 5.70. The second-order valence-electron chi connectivity index (χ2n) is 10.8. The van der Waals surface area contributed by atoms with E-state index in [0.717, 1.165) is 19.1 Å². The van der Waals surface area contributed by atoms with Gasteiger partial charge in [-0.1, -0.05) is 6.07 Å². The molecule has 2 aliphatic rings. The number of halogens is 6. The topological polar surface area (TPSA) is 73.3 Å². The first-order chi connectivity index (χ1) is 18.0. The standard InChI is InChI=1S/C26H35F6N3O4/c1-17(25(27,28)29)39-23(38)35-12-8-24(2,9-13-35)33(3)15-19-4-5-21(26(30,31)32)14-20(19)16-34-10-6-18(7-11-34)22(36)37/h4-5,14,17-18H,6-13,15-16H2,1-3H3,(H,36,37). The number of carbonyl (C=O) groups is 2. The molecule has 1 atom stereocenters. The lowest BCUT2D eigenvalue weighted by molar-refractivity contribution is -0.200. The molecule has 7 nitrogen and oxygen atoms in total. The molecule has 2 fully saturated rings. The molecule has 2 saturated heterocycles. The minimum absolute atomic E-state index is 0.183. The summed E-state index contributed by atoms with van der Waals surface area (Å²) in [6.45, 7) is 4.62. The van der Waals surface area contributed by atoms with Crippen LogP contribution in [0, 0.1) is 5.92 Å². The van der Waals surface area contributed by atoms with Crippen LogP contribution in [0.15, 0.2) is 18.2 Å². The Morgan fingerprint density at radius 3 is 2.18 bits per heavy atom. The van der Waals surface area contributed by atoms with E-state index in [0.29, 0.717) is 56.4 Å². The van der Waals surface area contributed by atoms with Gasteiger partial charge in [0.2, 0.25) is 0 Å². The van der Waals surface area contributed by atoms with Crippen LogP contribution in [0.3, 0.4) is 0 Å². The molecule has 0 saturated carbocycles. The molecule has 0 aromatic heterocycles. The van der Waals surface area contributed by atoms with E-state index in [2.05, 4.69) is 4.74 Å². The van der Waals surface area contributed by atoms with Gasteiger partial charge in [-0.25, -0.2) is 4.79 Å². The lowest BCUT2D eigenvalue weighted by atomic mass is 9.87. The molecule has 0 radical (unpaired) electrons. The first-order valence-corrected chi connectivity index (χ1v) is 12.9. The fourth-order valence-corrected chi connectivity index (χ4v) is 4.97. The Hall–Kier alpha value is -2.54. The first kappa shape index (κ1) is 31.0. The summed E-state index contributed by atoms with van der Waals surface area (Å²) in [6.07, 6.45) is -10.6. The van der Waals surface area contributed by atoms with Gasteiger partial charge in [0, 0.05) is 31.7 Å². The number of rotatable bonds is 7. The molecule has 3 rings (SSSR count). The largest absolute Gasteiger partial charge is 0.481 e. The molecule has 220 valence electrons. The van der Waals surface area contributed by atoms with E-state index in [-0.39, 0.29) is 19.6 Å². The zero-order valence-electron chi connectivity index (χ0n) is 22.2. The number of piperidine rings is 2. The normalized spacial score (nSPS) is 20.2. The Morgan fingerprint density at radius 1 is 1.08 bits per heavy atom. The number of aliphatic carboxylic acids is 1. The third-order valence-corrected chi connectivity index (χ3v) is 8.03. The molecule has 0 spiro atoms. The number of hydrogen-bond donors (Lipinski definition) is 1. The minimum atomic E-state index is -4.65. The van der Waals surface area contributed by atoms with E-state index in [1.807, 2.05) is 23.8 Å². The number of alkyl halides is 6. The van der Waals surface area contributed by atoms with E-state index in [9.17, 15) is 41.0 Å². The van der Waals surface area contributed by atoms with Crippen molar-refractivity contribution in [3.05, 3.63) is 34.9 Å². The quantitative estimate of drug-likeness (QED) is 0.447. The number of carboxylic acids is 1. The van der Waals surface area contributed by atoms with Gasteiger partial charge in [-0.05, 0) is 82.9 Å². The highest BCUT2D eigenvalue weighted by Gasteiger charge is 2.42. The summed E-state index contributed by atoms with van der Waals surface area (Å²) in [6, 6.07) is 3.66. The van der Waals surface area contributed by atoms with E-state index < -0.39 is 47.5 Å². The second-order valence-corrected chi connectivity index (χ2v) is 10.8. The predicted octanol–water partition coefficient (Wildman–Crippen LogP) is 5.38. The van der Waals surface area contributed by atoms with Crippen LogP contribution < -0.4 is 0 Å². The Kier molecular flexibility index (Phi) is 9.47. The number of hydrogen-bond acceptors (Lipinski definition) is 5. The van der Waals surface area contributed by atoms with Crippen molar-refractivity contribution in [3.8, 4) is 0 Å². The first-order valence-electron chi connectivity index (χ1n) is 12.9. The van der Waals surface area contributed by atoms with Crippen molar-refractivity contribution in [2.24, 2.45) is 5.92 Å². The molecule has 13 heteroatoms. The molecule has 2 aliphatic heterocycles. The summed E-state index contributed by atoms with van der Waals surface area (Å²) >= 11 is 0. The Bertz CT molecular complexity index is 1020. The van der Waals surface area contributed by atoms with Crippen molar-refractivity contribution in [1.82, 2.24) is 14.7 Å². The van der Waals surface area contributed by atoms with Crippen LogP contribution in [0.4, 0.5) is 31.1 Å². The monoisotopic (exact) mass is 567 g/mol. The summed E-state index contributed by atoms with van der Waals surface area (Å²) < 4.78 is 83.2. The van der Waals surface area contributed by atoms with Gasteiger partial charge in [0.25, 0.3) is 0 Å². The fourth-order valence-electron chi connectivity index (χ4n) is 4.97. The smallest absolute Gasteiger partial charge is 0.425 e. The van der Waals surface area contributed by atoms with Crippen LogP contribution in [0.2, 0.25) is 0 Å². The molecular formula is C26H35F6N3O4.